The molecule has 0 spiro atoms. The predicted octanol–water partition coefficient (Wildman–Crippen LogP) is 2.67. The molecule has 0 saturated carbocycles. The molecule has 19 heavy (non-hydrogen) atoms. The van der Waals surface area contributed by atoms with Gasteiger partial charge in [-0.25, -0.2) is 0 Å². The van der Waals surface area contributed by atoms with Gasteiger partial charge in [-0.15, -0.1) is 6.58 Å². The highest BCUT2D eigenvalue weighted by atomic mass is 16.1. The predicted molar refractivity (Wildman–Crippen MR) is 79.8 cm³/mol. The first kappa shape index (κ1) is 15.4. The van der Waals surface area contributed by atoms with Gasteiger partial charge in [-0.2, -0.15) is 0 Å². The molecular formula is C16H24N2O. The maximum Gasteiger partial charge on any atom is 0.234 e. The number of benzene rings is 1. The van der Waals surface area contributed by atoms with Crippen LogP contribution in [-0.4, -0.2) is 19.0 Å². The van der Waals surface area contributed by atoms with Gasteiger partial charge in [-0.3, -0.25) is 4.79 Å². The van der Waals surface area contributed by atoms with E-state index in [9.17, 15) is 4.79 Å². The summed E-state index contributed by atoms with van der Waals surface area (Å²) in [6.45, 7) is 10.9. The Labute approximate surface area is 116 Å². The SMILES string of the molecule is C=CCNC(=O)CNC(c1ccccc1)C(C)(C)C. The lowest BCUT2D eigenvalue weighted by Crippen LogP contribution is -2.40. The Morgan fingerprint density at radius 2 is 1.95 bits per heavy atom. The average Bonchev–Trinajstić information content (AvgIpc) is 2.36. The highest BCUT2D eigenvalue weighted by molar-refractivity contribution is 5.78. The Kier molecular flexibility index (Phi) is 5.77. The molecule has 0 radical (unpaired) electrons. The molecule has 0 bridgehead atoms. The first-order valence-corrected chi connectivity index (χ1v) is 6.61. The summed E-state index contributed by atoms with van der Waals surface area (Å²) in [5.41, 5.74) is 1.24. The van der Waals surface area contributed by atoms with Crippen LogP contribution in [0.5, 0.6) is 0 Å². The summed E-state index contributed by atoms with van der Waals surface area (Å²) in [5, 5.41) is 6.11. The minimum Gasteiger partial charge on any atom is -0.352 e. The van der Waals surface area contributed by atoms with E-state index in [4.69, 9.17) is 0 Å². The van der Waals surface area contributed by atoms with E-state index in [1.165, 1.54) is 5.56 Å². The number of nitrogens with one attached hydrogen (secondary N) is 2. The fourth-order valence-corrected chi connectivity index (χ4v) is 2.01. The molecule has 0 saturated heterocycles. The van der Waals surface area contributed by atoms with Crippen molar-refractivity contribution >= 4 is 5.91 Å². The molecule has 1 aromatic carbocycles. The summed E-state index contributed by atoms with van der Waals surface area (Å²) >= 11 is 0. The van der Waals surface area contributed by atoms with Gasteiger partial charge in [0.2, 0.25) is 5.91 Å². The second-order valence-corrected chi connectivity index (χ2v) is 5.68. The van der Waals surface area contributed by atoms with Crippen LogP contribution in [-0.2, 0) is 4.79 Å². The Balaban J connectivity index is 2.67. The van der Waals surface area contributed by atoms with Crippen molar-refractivity contribution in [1.82, 2.24) is 10.6 Å². The first-order valence-electron chi connectivity index (χ1n) is 6.61. The van der Waals surface area contributed by atoms with Crippen molar-refractivity contribution in [3.63, 3.8) is 0 Å². The third-order valence-electron chi connectivity index (χ3n) is 2.91. The molecule has 3 nitrogen and oxygen atoms in total. The number of carbonyl (C=O) groups excluding carboxylic acids is 1. The van der Waals surface area contributed by atoms with Crippen LogP contribution in [0.3, 0.4) is 0 Å². The van der Waals surface area contributed by atoms with Crippen LogP contribution < -0.4 is 10.6 Å². The number of hydrogen-bond donors (Lipinski definition) is 2. The van der Waals surface area contributed by atoms with Gasteiger partial charge in [-0.1, -0.05) is 57.2 Å². The van der Waals surface area contributed by atoms with E-state index >= 15 is 0 Å². The number of carbonyl (C=O) groups is 1. The molecule has 1 atom stereocenters. The smallest absolute Gasteiger partial charge is 0.234 e. The van der Waals surface area contributed by atoms with E-state index in [-0.39, 0.29) is 17.4 Å². The topological polar surface area (TPSA) is 41.1 Å². The van der Waals surface area contributed by atoms with E-state index in [1.54, 1.807) is 6.08 Å². The van der Waals surface area contributed by atoms with Crippen LogP contribution >= 0.6 is 0 Å². The molecule has 0 fully saturated rings. The monoisotopic (exact) mass is 260 g/mol. The molecular weight excluding hydrogens is 236 g/mol. The minimum absolute atomic E-state index is 0.00918. The van der Waals surface area contributed by atoms with Crippen molar-refractivity contribution in [3.05, 3.63) is 48.6 Å². The fourth-order valence-electron chi connectivity index (χ4n) is 2.01. The second-order valence-electron chi connectivity index (χ2n) is 5.68. The maximum atomic E-state index is 11.6. The van der Waals surface area contributed by atoms with Crippen LogP contribution in [0, 0.1) is 5.41 Å². The third-order valence-corrected chi connectivity index (χ3v) is 2.91. The van der Waals surface area contributed by atoms with Crippen molar-refractivity contribution in [3.8, 4) is 0 Å². The molecule has 3 heteroatoms. The van der Waals surface area contributed by atoms with E-state index in [0.29, 0.717) is 13.1 Å². The van der Waals surface area contributed by atoms with Crippen molar-refractivity contribution in [2.45, 2.75) is 26.8 Å². The van der Waals surface area contributed by atoms with Gasteiger partial charge in [0.05, 0.1) is 6.54 Å². The zero-order valence-corrected chi connectivity index (χ0v) is 12.1. The summed E-state index contributed by atoms with van der Waals surface area (Å²) in [6, 6.07) is 10.4. The zero-order valence-electron chi connectivity index (χ0n) is 12.1. The lowest BCUT2D eigenvalue weighted by atomic mass is 9.82. The summed E-state index contributed by atoms with van der Waals surface area (Å²) in [6.07, 6.45) is 1.68. The third kappa shape index (κ3) is 5.26. The molecule has 1 aromatic rings. The summed E-state index contributed by atoms with van der Waals surface area (Å²) in [5.74, 6) is -0.00918. The van der Waals surface area contributed by atoms with Gasteiger partial charge in [0, 0.05) is 12.6 Å². The Bertz CT molecular complexity index is 407. The normalized spacial score (nSPS) is 12.8. The molecule has 0 aliphatic heterocycles. The van der Waals surface area contributed by atoms with Gasteiger partial charge in [0.15, 0.2) is 0 Å². The standard InChI is InChI=1S/C16H24N2O/c1-5-11-17-14(19)12-18-15(16(2,3)4)13-9-7-6-8-10-13/h5-10,15,18H,1,11-12H2,2-4H3,(H,17,19). The molecule has 0 aliphatic carbocycles. The lowest BCUT2D eigenvalue weighted by Gasteiger charge is -2.32. The molecule has 0 heterocycles. The molecule has 104 valence electrons. The van der Waals surface area contributed by atoms with Crippen LogP contribution in [0.15, 0.2) is 43.0 Å². The van der Waals surface area contributed by atoms with Crippen LogP contribution in [0.25, 0.3) is 0 Å². The van der Waals surface area contributed by atoms with Crippen molar-refractivity contribution in [1.29, 1.82) is 0 Å². The van der Waals surface area contributed by atoms with E-state index in [0.717, 1.165) is 0 Å². The Morgan fingerprint density at radius 3 is 2.47 bits per heavy atom. The van der Waals surface area contributed by atoms with Crippen molar-refractivity contribution in [2.75, 3.05) is 13.1 Å². The molecule has 2 N–H and O–H groups in total. The van der Waals surface area contributed by atoms with E-state index < -0.39 is 0 Å². The van der Waals surface area contributed by atoms with Gasteiger partial charge < -0.3 is 10.6 Å². The highest BCUT2D eigenvalue weighted by Crippen LogP contribution is 2.32. The number of rotatable bonds is 6. The quantitative estimate of drug-likeness (QED) is 0.772. The van der Waals surface area contributed by atoms with Crippen LogP contribution in [0.4, 0.5) is 0 Å². The fraction of sp³-hybridized carbons (Fsp3) is 0.438. The van der Waals surface area contributed by atoms with Crippen molar-refractivity contribution in [2.24, 2.45) is 5.41 Å². The zero-order chi connectivity index (χ0) is 14.3. The van der Waals surface area contributed by atoms with E-state index in [2.05, 4.69) is 50.1 Å². The summed E-state index contributed by atoms with van der Waals surface area (Å²) in [7, 11) is 0. The van der Waals surface area contributed by atoms with Gasteiger partial charge in [-0.05, 0) is 11.0 Å². The van der Waals surface area contributed by atoms with Crippen LogP contribution in [0.2, 0.25) is 0 Å². The molecule has 1 unspecified atom stereocenters. The van der Waals surface area contributed by atoms with Crippen LogP contribution in [0.1, 0.15) is 32.4 Å². The summed E-state index contributed by atoms with van der Waals surface area (Å²) in [4.78, 5) is 11.6. The lowest BCUT2D eigenvalue weighted by molar-refractivity contribution is -0.120. The Hall–Kier alpha value is -1.61. The summed E-state index contributed by atoms with van der Waals surface area (Å²) < 4.78 is 0. The van der Waals surface area contributed by atoms with E-state index in [1.807, 2.05) is 18.2 Å². The first-order chi connectivity index (χ1) is 8.95. The highest BCUT2D eigenvalue weighted by Gasteiger charge is 2.26. The largest absolute Gasteiger partial charge is 0.352 e. The molecule has 0 aliphatic rings. The number of amides is 1. The van der Waals surface area contributed by atoms with Crippen molar-refractivity contribution < 1.29 is 4.79 Å². The minimum atomic E-state index is -0.00918. The Morgan fingerprint density at radius 1 is 1.32 bits per heavy atom. The van der Waals surface area contributed by atoms with Gasteiger partial charge in [0.25, 0.3) is 0 Å². The van der Waals surface area contributed by atoms with Gasteiger partial charge in [0.1, 0.15) is 0 Å². The second kappa shape index (κ2) is 7.10. The molecule has 1 rings (SSSR count). The van der Waals surface area contributed by atoms with Gasteiger partial charge >= 0.3 is 0 Å². The number of hydrogen-bond acceptors (Lipinski definition) is 2. The maximum absolute atomic E-state index is 11.6. The molecule has 0 aromatic heterocycles. The average molecular weight is 260 g/mol. The molecule has 1 amide bonds.